The van der Waals surface area contributed by atoms with Gasteiger partial charge in [0.25, 0.3) is 5.69 Å². The molecule has 0 amide bonds. The first-order valence-corrected chi connectivity index (χ1v) is 6.96. The lowest BCUT2D eigenvalue weighted by Gasteiger charge is -2.06. The molecular formula is C14H16ClN3O3. The maximum Gasteiger partial charge on any atom is 0.273 e. The number of hydrogen-bond donors (Lipinski definition) is 0. The second-order valence-electron chi connectivity index (χ2n) is 4.64. The Kier molecular flexibility index (Phi) is 4.80. The van der Waals surface area contributed by atoms with Gasteiger partial charge in [0.2, 0.25) is 0 Å². The van der Waals surface area contributed by atoms with E-state index in [0.29, 0.717) is 12.3 Å². The Morgan fingerprint density at radius 1 is 1.48 bits per heavy atom. The number of alkyl halides is 1. The number of nitrogens with zero attached hydrogens (tertiary/aromatic N) is 3. The van der Waals surface area contributed by atoms with Gasteiger partial charge in [0.15, 0.2) is 0 Å². The van der Waals surface area contributed by atoms with Crippen LogP contribution in [-0.2, 0) is 6.54 Å². The van der Waals surface area contributed by atoms with E-state index in [1.807, 2.05) is 13.1 Å². The second-order valence-corrected chi connectivity index (χ2v) is 5.17. The zero-order valence-electron chi connectivity index (χ0n) is 11.8. The van der Waals surface area contributed by atoms with Crippen LogP contribution >= 0.6 is 11.6 Å². The predicted octanol–water partition coefficient (Wildman–Crippen LogP) is 3.54. The van der Waals surface area contributed by atoms with Crippen molar-refractivity contribution < 1.29 is 9.66 Å². The number of hydrogen-bond acceptors (Lipinski definition) is 4. The van der Waals surface area contributed by atoms with Crippen LogP contribution in [0.3, 0.4) is 0 Å². The van der Waals surface area contributed by atoms with Crippen LogP contribution < -0.4 is 4.74 Å². The molecule has 21 heavy (non-hydrogen) atoms. The molecule has 0 N–H and O–H groups in total. The van der Waals surface area contributed by atoms with Gasteiger partial charge in [0.05, 0.1) is 36.2 Å². The maximum atomic E-state index is 10.9. The van der Waals surface area contributed by atoms with Crippen molar-refractivity contribution in [1.29, 1.82) is 0 Å². The molecule has 1 aromatic heterocycles. The summed E-state index contributed by atoms with van der Waals surface area (Å²) in [4.78, 5) is 10.5. The Bertz CT molecular complexity index is 642. The highest BCUT2D eigenvalue weighted by Gasteiger charge is 2.12. The minimum absolute atomic E-state index is 0.000470. The summed E-state index contributed by atoms with van der Waals surface area (Å²) < 4.78 is 6.80. The van der Waals surface area contributed by atoms with E-state index in [4.69, 9.17) is 16.3 Å². The Morgan fingerprint density at radius 3 is 2.86 bits per heavy atom. The molecule has 0 spiro atoms. The Labute approximate surface area is 127 Å². The van der Waals surface area contributed by atoms with E-state index in [0.717, 1.165) is 17.5 Å². The van der Waals surface area contributed by atoms with Crippen molar-refractivity contribution in [3.05, 3.63) is 51.8 Å². The second kappa shape index (κ2) is 6.58. The molecule has 1 atom stereocenters. The van der Waals surface area contributed by atoms with Crippen molar-refractivity contribution in [1.82, 2.24) is 9.78 Å². The molecule has 1 aromatic carbocycles. The van der Waals surface area contributed by atoms with E-state index in [9.17, 15) is 10.1 Å². The van der Waals surface area contributed by atoms with Crippen LogP contribution in [0.1, 0.15) is 29.8 Å². The van der Waals surface area contributed by atoms with Crippen molar-refractivity contribution >= 4 is 17.3 Å². The van der Waals surface area contributed by atoms with Crippen molar-refractivity contribution in [2.24, 2.45) is 0 Å². The van der Waals surface area contributed by atoms with Gasteiger partial charge in [-0.3, -0.25) is 14.8 Å². The molecule has 0 saturated carbocycles. The quantitative estimate of drug-likeness (QED) is 0.465. The van der Waals surface area contributed by atoms with Gasteiger partial charge in [-0.25, -0.2) is 0 Å². The molecule has 1 unspecified atom stereocenters. The van der Waals surface area contributed by atoms with Crippen LogP contribution in [0.5, 0.6) is 5.75 Å². The summed E-state index contributed by atoms with van der Waals surface area (Å²) in [6, 6.07) is 4.66. The molecule has 2 aromatic rings. The molecule has 7 heteroatoms. The van der Waals surface area contributed by atoms with Crippen LogP contribution in [0.2, 0.25) is 0 Å². The number of nitro groups is 1. The van der Waals surface area contributed by atoms with Gasteiger partial charge >= 0.3 is 0 Å². The van der Waals surface area contributed by atoms with Crippen LogP contribution in [0.4, 0.5) is 5.69 Å². The Morgan fingerprint density at radius 2 is 2.24 bits per heavy atom. The van der Waals surface area contributed by atoms with Crippen LogP contribution in [0.25, 0.3) is 0 Å². The first kappa shape index (κ1) is 15.3. The van der Waals surface area contributed by atoms with Crippen LogP contribution in [0, 0.1) is 10.1 Å². The minimum atomic E-state index is -0.438. The predicted molar refractivity (Wildman–Crippen MR) is 79.9 cm³/mol. The van der Waals surface area contributed by atoms with Crippen molar-refractivity contribution in [2.75, 3.05) is 7.11 Å². The summed E-state index contributed by atoms with van der Waals surface area (Å²) in [5.74, 6) is 0.454. The highest BCUT2D eigenvalue weighted by Crippen LogP contribution is 2.25. The summed E-state index contributed by atoms with van der Waals surface area (Å²) in [6.45, 7) is 2.42. The fourth-order valence-electron chi connectivity index (χ4n) is 2.01. The van der Waals surface area contributed by atoms with E-state index in [-0.39, 0.29) is 11.1 Å². The Balaban J connectivity index is 2.24. The maximum absolute atomic E-state index is 10.9. The number of benzene rings is 1. The molecule has 0 radical (unpaired) electrons. The summed E-state index contributed by atoms with van der Waals surface area (Å²) in [6.07, 6.45) is 4.39. The number of nitro benzene ring substituents is 1. The Hall–Kier alpha value is -2.08. The van der Waals surface area contributed by atoms with E-state index in [1.165, 1.54) is 19.2 Å². The van der Waals surface area contributed by atoms with Gasteiger partial charge in [0.1, 0.15) is 5.75 Å². The topological polar surface area (TPSA) is 70.2 Å². The molecule has 0 bridgehead atoms. The molecule has 0 aliphatic rings. The minimum Gasteiger partial charge on any atom is -0.496 e. The smallest absolute Gasteiger partial charge is 0.273 e. The highest BCUT2D eigenvalue weighted by atomic mass is 35.5. The average molecular weight is 310 g/mol. The lowest BCUT2D eigenvalue weighted by atomic mass is 10.2. The van der Waals surface area contributed by atoms with Gasteiger partial charge in [-0.05, 0) is 18.1 Å². The fourth-order valence-corrected chi connectivity index (χ4v) is 2.12. The van der Waals surface area contributed by atoms with Crippen LogP contribution in [0.15, 0.2) is 30.6 Å². The molecule has 2 rings (SSSR count). The van der Waals surface area contributed by atoms with Gasteiger partial charge in [-0.1, -0.05) is 6.92 Å². The summed E-state index contributed by atoms with van der Waals surface area (Å²) >= 11 is 6.16. The third-order valence-electron chi connectivity index (χ3n) is 3.12. The first-order valence-electron chi connectivity index (χ1n) is 6.52. The molecule has 112 valence electrons. The monoisotopic (exact) mass is 309 g/mol. The van der Waals surface area contributed by atoms with Gasteiger partial charge in [0, 0.05) is 17.8 Å². The zero-order valence-corrected chi connectivity index (χ0v) is 12.6. The molecular weight excluding hydrogens is 294 g/mol. The number of ether oxygens (including phenoxy) is 1. The normalized spacial score (nSPS) is 12.1. The number of non-ortho nitro benzene ring substituents is 1. The SMILES string of the molecule is CCC(Cl)c1cnn(Cc2cc(OC)cc([N+](=O)[O-])c2)c1. The zero-order chi connectivity index (χ0) is 15.4. The number of halogens is 1. The lowest BCUT2D eigenvalue weighted by molar-refractivity contribution is -0.385. The summed E-state index contributed by atoms with van der Waals surface area (Å²) in [5.41, 5.74) is 1.69. The third kappa shape index (κ3) is 3.72. The van der Waals surface area contributed by atoms with Gasteiger partial charge < -0.3 is 4.74 Å². The molecule has 0 aliphatic carbocycles. The largest absolute Gasteiger partial charge is 0.496 e. The number of aromatic nitrogens is 2. The summed E-state index contributed by atoms with van der Waals surface area (Å²) in [5, 5.41) is 15.1. The molecule has 0 fully saturated rings. The van der Waals surface area contributed by atoms with Gasteiger partial charge in [-0.2, -0.15) is 5.10 Å². The number of methoxy groups -OCH3 is 1. The van der Waals surface area contributed by atoms with E-state index >= 15 is 0 Å². The number of rotatable bonds is 6. The fraction of sp³-hybridized carbons (Fsp3) is 0.357. The van der Waals surface area contributed by atoms with Crippen LogP contribution in [-0.4, -0.2) is 21.8 Å². The molecule has 0 aliphatic heterocycles. The lowest BCUT2D eigenvalue weighted by Crippen LogP contribution is -2.01. The van der Waals surface area contributed by atoms with Crippen molar-refractivity contribution in [2.45, 2.75) is 25.3 Å². The molecule has 1 heterocycles. The van der Waals surface area contributed by atoms with Crippen molar-refractivity contribution in [3.63, 3.8) is 0 Å². The molecule has 6 nitrogen and oxygen atoms in total. The standard InChI is InChI=1S/C14H16ClN3O3/c1-3-14(15)11-7-16-17(9-11)8-10-4-12(18(19)20)6-13(5-10)21-2/h4-7,9,14H,3,8H2,1-2H3. The third-order valence-corrected chi connectivity index (χ3v) is 3.68. The molecule has 0 saturated heterocycles. The van der Waals surface area contributed by atoms with Gasteiger partial charge in [-0.15, -0.1) is 11.6 Å². The average Bonchev–Trinajstić information content (AvgIpc) is 2.94. The highest BCUT2D eigenvalue weighted by molar-refractivity contribution is 6.20. The van der Waals surface area contributed by atoms with E-state index in [2.05, 4.69) is 5.10 Å². The van der Waals surface area contributed by atoms with E-state index < -0.39 is 4.92 Å². The summed E-state index contributed by atoms with van der Waals surface area (Å²) in [7, 11) is 1.48. The van der Waals surface area contributed by atoms with Crippen molar-refractivity contribution in [3.8, 4) is 5.75 Å². The first-order chi connectivity index (χ1) is 10.0. The van der Waals surface area contributed by atoms with E-state index in [1.54, 1.807) is 16.9 Å².